The molecule has 7 atom stereocenters. The van der Waals surface area contributed by atoms with Crippen LogP contribution in [0.15, 0.2) is 0 Å². The summed E-state index contributed by atoms with van der Waals surface area (Å²) in [4.78, 5) is 37.0. The molecule has 0 aromatic rings. The fourth-order valence-corrected chi connectivity index (χ4v) is 4.80. The minimum atomic E-state index is -0.899. The van der Waals surface area contributed by atoms with Crippen molar-refractivity contribution < 1.29 is 47.5 Å². The molecule has 0 spiro atoms. The lowest BCUT2D eigenvalue weighted by Gasteiger charge is -2.27. The lowest BCUT2D eigenvalue weighted by atomic mass is 10.1. The second kappa shape index (κ2) is 11.9. The van der Waals surface area contributed by atoms with Crippen molar-refractivity contribution in [2.75, 3.05) is 32.3 Å². The quantitative estimate of drug-likeness (QED) is 0.354. The SMILES string of the molecule is COC(=O)[C@H](CCSC)NC(=O)[C@@H](C)NC(=O)CO[C@H]1O[C@H]([C@H]2COC(C)(C)O2)[C@@H]2OC(C)(C)O[C@H]12. The number of thioether (sulfide) groups is 1. The Bertz CT molecular complexity index is 810. The van der Waals surface area contributed by atoms with Crippen molar-refractivity contribution in [1.29, 1.82) is 0 Å². The molecule has 0 saturated carbocycles. The van der Waals surface area contributed by atoms with Gasteiger partial charge >= 0.3 is 5.97 Å². The zero-order chi connectivity index (χ0) is 26.7. The molecule has 3 rings (SSSR count). The van der Waals surface area contributed by atoms with Crippen LogP contribution in [-0.2, 0) is 47.5 Å². The number of methoxy groups -OCH3 is 1. The number of fused-ring (bicyclic) bond motifs is 1. The highest BCUT2D eigenvalue weighted by Crippen LogP contribution is 2.42. The van der Waals surface area contributed by atoms with Gasteiger partial charge in [0.1, 0.15) is 43.1 Å². The first-order valence-electron chi connectivity index (χ1n) is 12.0. The summed E-state index contributed by atoms with van der Waals surface area (Å²) < 4.78 is 40.2. The minimum absolute atomic E-state index is 0.327. The number of carbonyl (C=O) groups excluding carboxylic acids is 3. The molecule has 0 aliphatic carbocycles. The summed E-state index contributed by atoms with van der Waals surface area (Å²) in [6, 6.07) is -1.69. The van der Waals surface area contributed by atoms with E-state index in [0.717, 1.165) is 0 Å². The molecule has 12 nitrogen and oxygen atoms in total. The molecule has 3 aliphatic rings. The van der Waals surface area contributed by atoms with Crippen LogP contribution in [0.3, 0.4) is 0 Å². The predicted octanol–water partition coefficient (Wildman–Crippen LogP) is 0.315. The van der Waals surface area contributed by atoms with Crippen molar-refractivity contribution in [2.24, 2.45) is 0 Å². The maximum atomic E-state index is 12.5. The number of hydrogen-bond acceptors (Lipinski definition) is 11. The van der Waals surface area contributed by atoms with Gasteiger partial charge in [-0.3, -0.25) is 9.59 Å². The van der Waals surface area contributed by atoms with Crippen LogP contribution < -0.4 is 10.6 Å². The molecule has 13 heteroatoms. The van der Waals surface area contributed by atoms with Crippen LogP contribution >= 0.6 is 11.8 Å². The Labute approximate surface area is 215 Å². The number of carbonyl (C=O) groups is 3. The van der Waals surface area contributed by atoms with Gasteiger partial charge < -0.3 is 43.8 Å². The van der Waals surface area contributed by atoms with E-state index < -0.39 is 66.0 Å². The number of rotatable bonds is 11. The number of ether oxygens (including phenoxy) is 7. The molecule has 0 aromatic heterocycles. The first-order chi connectivity index (χ1) is 16.9. The van der Waals surface area contributed by atoms with E-state index in [0.29, 0.717) is 18.8 Å². The van der Waals surface area contributed by atoms with Crippen LogP contribution in [0.2, 0.25) is 0 Å². The van der Waals surface area contributed by atoms with Crippen LogP contribution in [0.4, 0.5) is 0 Å². The van der Waals surface area contributed by atoms with E-state index in [1.54, 1.807) is 25.6 Å². The van der Waals surface area contributed by atoms with Crippen LogP contribution in [0.5, 0.6) is 0 Å². The molecule has 3 fully saturated rings. The molecule has 3 aliphatic heterocycles. The first-order valence-corrected chi connectivity index (χ1v) is 13.4. The van der Waals surface area contributed by atoms with E-state index in [4.69, 9.17) is 33.2 Å². The molecule has 0 unspecified atom stereocenters. The molecule has 3 heterocycles. The maximum absolute atomic E-state index is 12.5. The van der Waals surface area contributed by atoms with Crippen LogP contribution in [0, 0.1) is 0 Å². The molecule has 2 amide bonds. The summed E-state index contributed by atoms with van der Waals surface area (Å²) in [5, 5.41) is 5.19. The van der Waals surface area contributed by atoms with E-state index in [-0.39, 0.29) is 12.7 Å². The van der Waals surface area contributed by atoms with Gasteiger partial charge in [0.05, 0.1) is 13.7 Å². The fourth-order valence-electron chi connectivity index (χ4n) is 4.33. The Morgan fingerprint density at radius 3 is 2.33 bits per heavy atom. The van der Waals surface area contributed by atoms with Gasteiger partial charge in [-0.25, -0.2) is 4.79 Å². The van der Waals surface area contributed by atoms with Crippen LogP contribution in [0.25, 0.3) is 0 Å². The molecule has 36 heavy (non-hydrogen) atoms. The lowest BCUT2D eigenvalue weighted by Crippen LogP contribution is -2.51. The van der Waals surface area contributed by atoms with Crippen molar-refractivity contribution >= 4 is 29.5 Å². The van der Waals surface area contributed by atoms with Gasteiger partial charge in [-0.2, -0.15) is 11.8 Å². The highest BCUT2D eigenvalue weighted by Gasteiger charge is 2.59. The summed E-state index contributed by atoms with van der Waals surface area (Å²) >= 11 is 1.55. The molecule has 0 aromatic carbocycles. The predicted molar refractivity (Wildman–Crippen MR) is 128 cm³/mol. The monoisotopic (exact) mass is 534 g/mol. The van der Waals surface area contributed by atoms with E-state index in [2.05, 4.69) is 10.6 Å². The standard InChI is InChI=1S/C23H38N2O10S/c1-12(19(27)25-13(8-9-36-7)20(28)29-6)24-15(26)11-30-21-18-17(34-23(4,5)35-18)16(32-21)14-10-31-22(2,3)33-14/h12-14,16-18,21H,8-11H2,1-7H3,(H,24,26)(H,25,27)/t12-,13+,14-,16-,17+,18+,21+/m1/s1. The summed E-state index contributed by atoms with van der Waals surface area (Å²) in [5.41, 5.74) is 0. The van der Waals surface area contributed by atoms with Gasteiger partial charge in [-0.05, 0) is 53.0 Å². The van der Waals surface area contributed by atoms with Gasteiger partial charge in [-0.15, -0.1) is 0 Å². The summed E-state index contributed by atoms with van der Waals surface area (Å²) in [6.07, 6.45) is -0.481. The third kappa shape index (κ3) is 7.30. The molecule has 3 saturated heterocycles. The summed E-state index contributed by atoms with van der Waals surface area (Å²) in [6.45, 7) is 8.70. The summed E-state index contributed by atoms with van der Waals surface area (Å²) in [7, 11) is 1.26. The Kier molecular flexibility index (Phi) is 9.63. The number of esters is 1. The number of hydrogen-bond donors (Lipinski definition) is 2. The van der Waals surface area contributed by atoms with E-state index in [9.17, 15) is 14.4 Å². The zero-order valence-corrected chi connectivity index (χ0v) is 22.7. The molecular formula is C23H38N2O10S. The normalized spacial score (nSPS) is 31.9. The molecule has 0 bridgehead atoms. The Balaban J connectivity index is 1.52. The van der Waals surface area contributed by atoms with Crippen LogP contribution in [0.1, 0.15) is 41.0 Å². The molecule has 206 valence electrons. The Morgan fingerprint density at radius 2 is 1.72 bits per heavy atom. The second-order valence-corrected chi connectivity index (χ2v) is 10.9. The lowest BCUT2D eigenvalue weighted by molar-refractivity contribution is -0.246. The molecule has 2 N–H and O–H groups in total. The van der Waals surface area contributed by atoms with Gasteiger partial charge in [0.25, 0.3) is 0 Å². The van der Waals surface area contributed by atoms with E-state index in [1.165, 1.54) is 14.0 Å². The first kappa shape index (κ1) is 29.1. The van der Waals surface area contributed by atoms with E-state index >= 15 is 0 Å². The molecule has 0 radical (unpaired) electrons. The van der Waals surface area contributed by atoms with Crippen molar-refractivity contribution in [1.82, 2.24) is 10.6 Å². The van der Waals surface area contributed by atoms with Crippen molar-refractivity contribution in [3.05, 3.63) is 0 Å². The highest BCUT2D eigenvalue weighted by molar-refractivity contribution is 7.98. The second-order valence-electron chi connectivity index (χ2n) is 9.87. The van der Waals surface area contributed by atoms with Gasteiger partial charge in [-0.1, -0.05) is 0 Å². The average molecular weight is 535 g/mol. The zero-order valence-electron chi connectivity index (χ0n) is 21.9. The average Bonchev–Trinajstić information content (AvgIpc) is 3.43. The van der Waals surface area contributed by atoms with Crippen molar-refractivity contribution in [3.63, 3.8) is 0 Å². The molecular weight excluding hydrogens is 496 g/mol. The van der Waals surface area contributed by atoms with Gasteiger partial charge in [0.15, 0.2) is 17.9 Å². The summed E-state index contributed by atoms with van der Waals surface area (Å²) in [5.74, 6) is -2.50. The maximum Gasteiger partial charge on any atom is 0.328 e. The number of amides is 2. The van der Waals surface area contributed by atoms with E-state index in [1.807, 2.05) is 20.1 Å². The third-order valence-corrected chi connectivity index (χ3v) is 6.65. The fraction of sp³-hybridized carbons (Fsp3) is 0.870. The smallest absolute Gasteiger partial charge is 0.328 e. The Hall–Kier alpha value is -1.48. The largest absolute Gasteiger partial charge is 0.467 e. The third-order valence-electron chi connectivity index (χ3n) is 6.01. The topological polar surface area (TPSA) is 140 Å². The number of nitrogens with one attached hydrogen (secondary N) is 2. The Morgan fingerprint density at radius 1 is 1.03 bits per heavy atom. The van der Waals surface area contributed by atoms with Crippen LogP contribution in [-0.4, -0.2) is 104 Å². The van der Waals surface area contributed by atoms with Gasteiger partial charge in [0, 0.05) is 0 Å². The van der Waals surface area contributed by atoms with Gasteiger partial charge in [0.2, 0.25) is 11.8 Å². The minimum Gasteiger partial charge on any atom is -0.467 e. The highest BCUT2D eigenvalue weighted by atomic mass is 32.2. The van der Waals surface area contributed by atoms with Crippen molar-refractivity contribution in [3.8, 4) is 0 Å². The van der Waals surface area contributed by atoms with Crippen molar-refractivity contribution in [2.45, 2.75) is 95.4 Å².